The molecule has 1 aliphatic heterocycles. The average Bonchev–Trinajstić information content (AvgIpc) is 2.16. The predicted octanol–water partition coefficient (Wildman–Crippen LogP) is 0.00530. The fourth-order valence-corrected chi connectivity index (χ4v) is 0.944. The summed E-state index contributed by atoms with van der Waals surface area (Å²) < 4.78 is 9.97. The largest absolute Gasteiger partial charge is 0.446 e. The van der Waals surface area contributed by atoms with Gasteiger partial charge in [0.2, 0.25) is 0 Å². The van der Waals surface area contributed by atoms with Crippen LogP contribution in [0.1, 0.15) is 0 Å². The third kappa shape index (κ3) is 3.02. The van der Waals surface area contributed by atoms with E-state index in [-0.39, 0.29) is 5.97 Å². The minimum absolute atomic E-state index is 0.341. The molecule has 0 bridgehead atoms. The predicted molar refractivity (Wildman–Crippen MR) is 43.5 cm³/mol. The van der Waals surface area contributed by atoms with Crippen molar-refractivity contribution >= 4 is 5.97 Å². The first-order valence-corrected chi connectivity index (χ1v) is 3.92. The lowest BCUT2D eigenvalue weighted by molar-refractivity contribution is -0.144. The van der Waals surface area contributed by atoms with Crippen LogP contribution in [0.4, 0.5) is 0 Å². The van der Waals surface area contributed by atoms with Crippen LogP contribution >= 0.6 is 0 Å². The molecule has 1 heterocycles. The maximum atomic E-state index is 10.7. The highest BCUT2D eigenvalue weighted by Gasteiger charge is 2.10. The summed E-state index contributed by atoms with van der Waals surface area (Å²) >= 11 is 0. The van der Waals surface area contributed by atoms with E-state index >= 15 is 0 Å². The van der Waals surface area contributed by atoms with Crippen molar-refractivity contribution in [3.63, 3.8) is 0 Å². The van der Waals surface area contributed by atoms with Gasteiger partial charge in [0.15, 0.2) is 0 Å². The van der Waals surface area contributed by atoms with Crippen molar-refractivity contribution in [1.82, 2.24) is 4.90 Å². The minimum atomic E-state index is -0.374. The van der Waals surface area contributed by atoms with E-state index in [1.165, 1.54) is 6.08 Å². The summed E-state index contributed by atoms with van der Waals surface area (Å²) in [5, 5.41) is 0. The molecule has 0 N–H and O–H groups in total. The van der Waals surface area contributed by atoms with Gasteiger partial charge in [0.1, 0.15) is 6.73 Å². The Morgan fingerprint density at radius 1 is 1.58 bits per heavy atom. The number of carbonyl (C=O) groups excluding carboxylic acids is 1. The molecule has 0 saturated carbocycles. The van der Waals surface area contributed by atoms with Gasteiger partial charge in [-0.1, -0.05) is 6.58 Å². The van der Waals surface area contributed by atoms with Crippen LogP contribution in [0.5, 0.6) is 0 Å². The number of morpholine rings is 1. The number of carbonyl (C=O) groups is 1. The fourth-order valence-electron chi connectivity index (χ4n) is 0.944. The molecule has 1 saturated heterocycles. The fraction of sp³-hybridized carbons (Fsp3) is 0.625. The molecule has 1 fully saturated rings. The smallest absolute Gasteiger partial charge is 0.331 e. The molecule has 0 radical (unpaired) electrons. The van der Waals surface area contributed by atoms with Crippen LogP contribution in [0.15, 0.2) is 12.7 Å². The van der Waals surface area contributed by atoms with Gasteiger partial charge in [0.25, 0.3) is 0 Å². The van der Waals surface area contributed by atoms with Crippen LogP contribution in [0.2, 0.25) is 0 Å². The van der Waals surface area contributed by atoms with Crippen LogP contribution in [-0.2, 0) is 14.3 Å². The van der Waals surface area contributed by atoms with Gasteiger partial charge in [-0.3, -0.25) is 4.90 Å². The molecule has 1 aliphatic rings. The summed E-state index contributed by atoms with van der Waals surface area (Å²) in [6, 6.07) is 0. The average molecular weight is 171 g/mol. The van der Waals surface area contributed by atoms with Crippen LogP contribution in [-0.4, -0.2) is 43.9 Å². The molecule has 1 rings (SSSR count). The normalized spacial score (nSPS) is 18.7. The number of hydrogen-bond donors (Lipinski definition) is 0. The van der Waals surface area contributed by atoms with Gasteiger partial charge in [0.05, 0.1) is 13.2 Å². The van der Waals surface area contributed by atoms with Gasteiger partial charge in [-0.05, 0) is 0 Å². The van der Waals surface area contributed by atoms with Crippen LogP contribution in [0, 0.1) is 0 Å². The summed E-state index contributed by atoms with van der Waals surface area (Å²) in [6.07, 6.45) is 1.17. The van der Waals surface area contributed by atoms with Gasteiger partial charge < -0.3 is 9.47 Å². The minimum Gasteiger partial charge on any atom is -0.446 e. The Hall–Kier alpha value is -0.870. The summed E-state index contributed by atoms with van der Waals surface area (Å²) in [6.45, 7) is 6.72. The Morgan fingerprint density at radius 3 is 2.83 bits per heavy atom. The van der Waals surface area contributed by atoms with E-state index < -0.39 is 0 Å². The Labute approximate surface area is 71.7 Å². The molecule has 0 unspecified atom stereocenters. The second-order valence-corrected chi connectivity index (χ2v) is 2.53. The summed E-state index contributed by atoms with van der Waals surface area (Å²) in [5.74, 6) is -0.374. The zero-order valence-corrected chi connectivity index (χ0v) is 6.99. The van der Waals surface area contributed by atoms with Crippen molar-refractivity contribution in [2.24, 2.45) is 0 Å². The maximum Gasteiger partial charge on any atom is 0.331 e. The van der Waals surface area contributed by atoms with Gasteiger partial charge in [0, 0.05) is 19.2 Å². The zero-order chi connectivity index (χ0) is 8.81. The molecule has 0 aromatic carbocycles. The van der Waals surface area contributed by atoms with Crippen molar-refractivity contribution in [1.29, 1.82) is 0 Å². The molecule has 0 aromatic rings. The molecular weight excluding hydrogens is 158 g/mol. The lowest BCUT2D eigenvalue weighted by Crippen LogP contribution is -2.38. The van der Waals surface area contributed by atoms with Crippen molar-refractivity contribution < 1.29 is 14.3 Å². The lowest BCUT2D eigenvalue weighted by atomic mass is 10.5. The van der Waals surface area contributed by atoms with E-state index in [0.29, 0.717) is 19.9 Å². The van der Waals surface area contributed by atoms with Crippen molar-refractivity contribution in [3.05, 3.63) is 12.7 Å². The molecule has 0 aromatic heterocycles. The Morgan fingerprint density at radius 2 is 2.25 bits per heavy atom. The molecule has 0 atom stereocenters. The summed E-state index contributed by atoms with van der Waals surface area (Å²) in [5.41, 5.74) is 0. The monoisotopic (exact) mass is 171 g/mol. The first-order valence-electron chi connectivity index (χ1n) is 3.92. The number of rotatable bonds is 3. The van der Waals surface area contributed by atoms with Crippen molar-refractivity contribution in [2.45, 2.75) is 0 Å². The molecule has 0 amide bonds. The quantitative estimate of drug-likeness (QED) is 0.443. The SMILES string of the molecule is C=CC(=O)OCN1CCOCC1. The van der Waals surface area contributed by atoms with E-state index in [4.69, 9.17) is 9.47 Å². The number of hydrogen-bond acceptors (Lipinski definition) is 4. The molecule has 0 aliphatic carbocycles. The first kappa shape index (κ1) is 9.22. The first-order chi connectivity index (χ1) is 5.83. The molecule has 12 heavy (non-hydrogen) atoms. The molecular formula is C8H13NO3. The van der Waals surface area contributed by atoms with Gasteiger partial charge in [-0.25, -0.2) is 4.79 Å². The van der Waals surface area contributed by atoms with E-state index in [1.54, 1.807) is 0 Å². The number of ether oxygens (including phenoxy) is 2. The molecule has 4 nitrogen and oxygen atoms in total. The van der Waals surface area contributed by atoms with Crippen LogP contribution in [0.25, 0.3) is 0 Å². The van der Waals surface area contributed by atoms with E-state index in [2.05, 4.69) is 6.58 Å². The van der Waals surface area contributed by atoms with Gasteiger partial charge in [-0.2, -0.15) is 0 Å². The Kier molecular flexibility index (Phi) is 3.76. The topological polar surface area (TPSA) is 38.8 Å². The highest BCUT2D eigenvalue weighted by atomic mass is 16.5. The van der Waals surface area contributed by atoms with Crippen LogP contribution in [0.3, 0.4) is 0 Å². The Bertz CT molecular complexity index is 164. The zero-order valence-electron chi connectivity index (χ0n) is 6.99. The van der Waals surface area contributed by atoms with E-state index in [0.717, 1.165) is 13.1 Å². The number of nitrogens with zero attached hydrogens (tertiary/aromatic N) is 1. The maximum absolute atomic E-state index is 10.7. The molecule has 0 spiro atoms. The molecule has 4 heteroatoms. The standard InChI is InChI=1S/C8H13NO3/c1-2-8(10)12-7-9-3-5-11-6-4-9/h2H,1,3-7H2. The van der Waals surface area contributed by atoms with E-state index in [1.807, 2.05) is 4.90 Å². The molecule has 68 valence electrons. The number of esters is 1. The highest BCUT2D eigenvalue weighted by molar-refractivity contribution is 5.81. The Balaban J connectivity index is 2.12. The van der Waals surface area contributed by atoms with Crippen molar-refractivity contribution in [2.75, 3.05) is 33.0 Å². The highest BCUT2D eigenvalue weighted by Crippen LogP contribution is 1.96. The summed E-state index contributed by atoms with van der Waals surface area (Å²) in [7, 11) is 0. The van der Waals surface area contributed by atoms with Crippen molar-refractivity contribution in [3.8, 4) is 0 Å². The van der Waals surface area contributed by atoms with E-state index in [9.17, 15) is 4.79 Å². The van der Waals surface area contributed by atoms with Gasteiger partial charge in [-0.15, -0.1) is 0 Å². The summed E-state index contributed by atoms with van der Waals surface area (Å²) in [4.78, 5) is 12.7. The third-order valence-corrected chi connectivity index (χ3v) is 1.66. The van der Waals surface area contributed by atoms with Gasteiger partial charge >= 0.3 is 5.97 Å². The lowest BCUT2D eigenvalue weighted by Gasteiger charge is -2.25. The third-order valence-electron chi connectivity index (χ3n) is 1.66. The van der Waals surface area contributed by atoms with Crippen LogP contribution < -0.4 is 0 Å². The second kappa shape index (κ2) is 4.90. The second-order valence-electron chi connectivity index (χ2n) is 2.53.